The Balaban J connectivity index is 1.86. The molecule has 2 nitrogen and oxygen atoms in total. The number of rotatable bonds is 5. The number of aryl methyl sites for hydroxylation is 1. The van der Waals surface area contributed by atoms with E-state index < -0.39 is 0 Å². The Bertz CT molecular complexity index is 459. The molecule has 3 heteroatoms. The van der Waals surface area contributed by atoms with Gasteiger partial charge in [-0.2, -0.15) is 0 Å². The zero-order valence-corrected chi connectivity index (χ0v) is 10.6. The summed E-state index contributed by atoms with van der Waals surface area (Å²) < 4.78 is 5.19. The van der Waals surface area contributed by atoms with Crippen LogP contribution in [-0.4, -0.2) is 17.8 Å². The molecule has 0 N–H and O–H groups in total. The van der Waals surface area contributed by atoms with Gasteiger partial charge in [-0.15, -0.1) is 11.8 Å². The average Bonchev–Trinajstić information content (AvgIpc) is 2.40. The normalized spacial score (nSPS) is 10.2. The van der Waals surface area contributed by atoms with E-state index >= 15 is 0 Å². The molecule has 0 saturated heterocycles. The van der Waals surface area contributed by atoms with E-state index in [9.17, 15) is 0 Å². The third-order valence-corrected chi connectivity index (χ3v) is 3.39. The molecule has 0 amide bonds. The molecule has 0 unspecified atom stereocenters. The molecule has 0 atom stereocenters. The second-order valence-corrected chi connectivity index (χ2v) is 4.77. The van der Waals surface area contributed by atoms with Crippen molar-refractivity contribution in [2.24, 2.45) is 0 Å². The summed E-state index contributed by atoms with van der Waals surface area (Å²) in [6.45, 7) is 0. The lowest BCUT2D eigenvalue weighted by Crippen LogP contribution is -1.91. The Hall–Kier alpha value is -1.48. The van der Waals surface area contributed by atoms with Crippen molar-refractivity contribution in [2.75, 3.05) is 12.9 Å². The van der Waals surface area contributed by atoms with Gasteiger partial charge in [-0.25, -0.2) is 0 Å². The Morgan fingerprint density at radius 1 is 1.18 bits per heavy atom. The van der Waals surface area contributed by atoms with E-state index in [1.165, 1.54) is 4.90 Å². The second kappa shape index (κ2) is 6.30. The van der Waals surface area contributed by atoms with Crippen LogP contribution < -0.4 is 4.74 Å². The van der Waals surface area contributed by atoms with E-state index in [4.69, 9.17) is 4.74 Å². The number of pyridine rings is 1. The molecule has 1 heterocycles. The maximum atomic E-state index is 5.19. The first-order valence-corrected chi connectivity index (χ1v) is 6.54. The number of aromatic nitrogens is 1. The van der Waals surface area contributed by atoms with Crippen molar-refractivity contribution < 1.29 is 4.74 Å². The van der Waals surface area contributed by atoms with Gasteiger partial charge < -0.3 is 4.74 Å². The predicted molar refractivity (Wildman–Crippen MR) is 71.7 cm³/mol. The maximum absolute atomic E-state index is 5.19. The fourth-order valence-electron chi connectivity index (χ4n) is 1.51. The number of thioether (sulfide) groups is 1. The quantitative estimate of drug-likeness (QED) is 0.753. The standard InChI is InChI=1S/C14H15NOS/c1-16-13-6-4-7-14(11-13)17-10-8-12-5-2-3-9-15-12/h2-7,9,11H,8,10H2,1H3. The van der Waals surface area contributed by atoms with Crippen molar-refractivity contribution in [3.05, 3.63) is 54.4 Å². The lowest BCUT2D eigenvalue weighted by molar-refractivity contribution is 0.413. The first-order valence-electron chi connectivity index (χ1n) is 5.55. The molecule has 88 valence electrons. The Labute approximate surface area is 106 Å². The molecule has 1 aromatic carbocycles. The fraction of sp³-hybridized carbons (Fsp3) is 0.214. The molecule has 0 aliphatic heterocycles. The lowest BCUT2D eigenvalue weighted by Gasteiger charge is -2.04. The summed E-state index contributed by atoms with van der Waals surface area (Å²) in [5.41, 5.74) is 1.14. The largest absolute Gasteiger partial charge is 0.497 e. The number of hydrogen-bond acceptors (Lipinski definition) is 3. The van der Waals surface area contributed by atoms with Crippen LogP contribution in [0.2, 0.25) is 0 Å². The average molecular weight is 245 g/mol. The fourth-order valence-corrected chi connectivity index (χ4v) is 2.43. The molecule has 0 radical (unpaired) electrons. The highest BCUT2D eigenvalue weighted by atomic mass is 32.2. The van der Waals surface area contributed by atoms with Gasteiger partial charge in [0.1, 0.15) is 5.75 Å². The van der Waals surface area contributed by atoms with E-state index in [1.807, 2.05) is 42.2 Å². The first kappa shape index (κ1) is 12.0. The van der Waals surface area contributed by atoms with Crippen LogP contribution in [0.1, 0.15) is 5.69 Å². The Morgan fingerprint density at radius 3 is 2.88 bits per heavy atom. The second-order valence-electron chi connectivity index (χ2n) is 3.60. The summed E-state index contributed by atoms with van der Waals surface area (Å²) in [4.78, 5) is 5.54. The van der Waals surface area contributed by atoms with E-state index in [0.29, 0.717) is 0 Å². The first-order chi connectivity index (χ1) is 8.38. The molecule has 0 bridgehead atoms. The van der Waals surface area contributed by atoms with Crippen molar-refractivity contribution in [3.63, 3.8) is 0 Å². The molecular formula is C14H15NOS. The third kappa shape index (κ3) is 3.79. The number of nitrogens with zero attached hydrogens (tertiary/aromatic N) is 1. The third-order valence-electron chi connectivity index (χ3n) is 2.39. The maximum Gasteiger partial charge on any atom is 0.119 e. The molecule has 1 aromatic heterocycles. The van der Waals surface area contributed by atoms with Gasteiger partial charge in [0.2, 0.25) is 0 Å². The van der Waals surface area contributed by atoms with Crippen LogP contribution in [-0.2, 0) is 6.42 Å². The number of ether oxygens (including phenoxy) is 1. The highest BCUT2D eigenvalue weighted by molar-refractivity contribution is 7.99. The SMILES string of the molecule is COc1cccc(SCCc2ccccn2)c1. The van der Waals surface area contributed by atoms with Gasteiger partial charge in [-0.3, -0.25) is 4.98 Å². The van der Waals surface area contributed by atoms with Crippen LogP contribution in [0.4, 0.5) is 0 Å². The topological polar surface area (TPSA) is 22.1 Å². The molecule has 0 saturated carbocycles. The summed E-state index contributed by atoms with van der Waals surface area (Å²) in [6.07, 6.45) is 2.83. The Morgan fingerprint density at radius 2 is 2.12 bits per heavy atom. The van der Waals surface area contributed by atoms with Crippen LogP contribution in [0.15, 0.2) is 53.6 Å². The lowest BCUT2D eigenvalue weighted by atomic mass is 10.3. The summed E-state index contributed by atoms with van der Waals surface area (Å²) in [7, 11) is 1.69. The molecular weight excluding hydrogens is 230 g/mol. The molecule has 0 aliphatic carbocycles. The smallest absolute Gasteiger partial charge is 0.119 e. The summed E-state index contributed by atoms with van der Waals surface area (Å²) in [6, 6.07) is 14.2. The molecule has 2 aromatic rings. The van der Waals surface area contributed by atoms with Crippen LogP contribution in [0.5, 0.6) is 5.75 Å². The van der Waals surface area contributed by atoms with Crippen LogP contribution in [0.3, 0.4) is 0 Å². The number of benzene rings is 1. The molecule has 0 spiro atoms. The van der Waals surface area contributed by atoms with Gasteiger partial charge in [0.15, 0.2) is 0 Å². The monoisotopic (exact) mass is 245 g/mol. The minimum atomic E-state index is 0.910. The summed E-state index contributed by atoms with van der Waals surface area (Å²) in [5.74, 6) is 1.94. The molecule has 2 rings (SSSR count). The van der Waals surface area contributed by atoms with Gasteiger partial charge in [0, 0.05) is 22.5 Å². The van der Waals surface area contributed by atoms with Gasteiger partial charge in [-0.1, -0.05) is 12.1 Å². The van der Waals surface area contributed by atoms with Crippen LogP contribution in [0, 0.1) is 0 Å². The summed E-state index contributed by atoms with van der Waals surface area (Å²) in [5, 5.41) is 0. The van der Waals surface area contributed by atoms with Crippen molar-refractivity contribution in [2.45, 2.75) is 11.3 Å². The minimum absolute atomic E-state index is 0.910. The number of hydrogen-bond donors (Lipinski definition) is 0. The summed E-state index contributed by atoms with van der Waals surface area (Å²) >= 11 is 1.82. The van der Waals surface area contributed by atoms with Gasteiger partial charge in [0.05, 0.1) is 7.11 Å². The van der Waals surface area contributed by atoms with Crippen LogP contribution in [0.25, 0.3) is 0 Å². The van der Waals surface area contributed by atoms with Gasteiger partial charge in [0.25, 0.3) is 0 Å². The highest BCUT2D eigenvalue weighted by Gasteiger charge is 1.98. The van der Waals surface area contributed by atoms with E-state index in [-0.39, 0.29) is 0 Å². The van der Waals surface area contributed by atoms with E-state index in [1.54, 1.807) is 7.11 Å². The Kier molecular flexibility index (Phi) is 4.45. The van der Waals surface area contributed by atoms with Crippen molar-refractivity contribution in [1.82, 2.24) is 4.98 Å². The number of methoxy groups -OCH3 is 1. The minimum Gasteiger partial charge on any atom is -0.497 e. The molecule has 0 aliphatic rings. The van der Waals surface area contributed by atoms with Crippen molar-refractivity contribution in [1.29, 1.82) is 0 Å². The van der Waals surface area contributed by atoms with Crippen LogP contribution >= 0.6 is 11.8 Å². The van der Waals surface area contributed by atoms with Gasteiger partial charge >= 0.3 is 0 Å². The molecule has 17 heavy (non-hydrogen) atoms. The van der Waals surface area contributed by atoms with Gasteiger partial charge in [-0.05, 0) is 36.8 Å². The van der Waals surface area contributed by atoms with E-state index in [2.05, 4.69) is 23.2 Å². The highest BCUT2D eigenvalue weighted by Crippen LogP contribution is 2.23. The zero-order valence-electron chi connectivity index (χ0n) is 9.80. The predicted octanol–water partition coefficient (Wildman–Crippen LogP) is 3.43. The zero-order chi connectivity index (χ0) is 11.9. The van der Waals surface area contributed by atoms with Crippen molar-refractivity contribution in [3.8, 4) is 5.75 Å². The van der Waals surface area contributed by atoms with E-state index in [0.717, 1.165) is 23.6 Å². The van der Waals surface area contributed by atoms with Crippen molar-refractivity contribution >= 4 is 11.8 Å². The molecule has 0 fully saturated rings.